The molecule has 3 rings (SSSR count). The van der Waals surface area contributed by atoms with Crippen LogP contribution < -0.4 is 0 Å². The monoisotopic (exact) mass is 316 g/mol. The highest BCUT2D eigenvalue weighted by Gasteiger charge is 2.21. The minimum absolute atomic E-state index is 0.689. The van der Waals surface area contributed by atoms with Crippen molar-refractivity contribution in [3.8, 4) is 0 Å². The molecular weight excluding hydrogens is 300 g/mol. The normalized spacial score (nSPS) is 19.7. The Balaban J connectivity index is 2.13. The predicted octanol–water partition coefficient (Wildman–Crippen LogP) is 4.99. The molecule has 1 nitrogen and oxygen atoms in total. The molecule has 98 valence electrons. The highest BCUT2D eigenvalue weighted by Crippen LogP contribution is 2.37. The van der Waals surface area contributed by atoms with Crippen LogP contribution in [0.2, 0.25) is 0 Å². The van der Waals surface area contributed by atoms with Gasteiger partial charge in [-0.3, -0.25) is 0 Å². The number of hydrogen-bond acceptors (Lipinski definition) is 1. The van der Waals surface area contributed by atoms with Gasteiger partial charge in [0.2, 0.25) is 0 Å². The molecule has 0 saturated heterocycles. The predicted molar refractivity (Wildman–Crippen MR) is 83.0 cm³/mol. The van der Waals surface area contributed by atoms with Gasteiger partial charge in [-0.25, -0.2) is 0 Å². The molecule has 19 heavy (non-hydrogen) atoms. The number of benzene rings is 1. The fourth-order valence-electron chi connectivity index (χ4n) is 2.67. The van der Waals surface area contributed by atoms with Crippen LogP contribution in [0.4, 0.5) is 0 Å². The van der Waals surface area contributed by atoms with E-state index >= 15 is 0 Å². The van der Waals surface area contributed by atoms with Crippen LogP contribution in [0.15, 0.2) is 53.8 Å². The molecule has 0 spiro atoms. The Bertz CT molecular complexity index is 566. The van der Waals surface area contributed by atoms with Gasteiger partial charge < -0.3 is 4.74 Å². The van der Waals surface area contributed by atoms with Crippen molar-refractivity contribution >= 4 is 21.5 Å². The molecule has 0 radical (unpaired) electrons. The van der Waals surface area contributed by atoms with Crippen molar-refractivity contribution in [3.63, 3.8) is 0 Å². The van der Waals surface area contributed by atoms with Gasteiger partial charge in [-0.1, -0.05) is 58.4 Å². The van der Waals surface area contributed by atoms with E-state index in [1.54, 1.807) is 0 Å². The first-order chi connectivity index (χ1) is 9.40. The molecule has 1 heterocycles. The average molecular weight is 317 g/mol. The number of alkyl halides is 1. The molecule has 1 aromatic rings. The van der Waals surface area contributed by atoms with Gasteiger partial charge in [0.15, 0.2) is 0 Å². The molecule has 0 N–H and O–H groups in total. The first kappa shape index (κ1) is 12.7. The fourth-order valence-corrected chi connectivity index (χ4v) is 2.90. The van der Waals surface area contributed by atoms with E-state index < -0.39 is 0 Å². The van der Waals surface area contributed by atoms with Crippen molar-refractivity contribution in [2.75, 3.05) is 5.33 Å². The van der Waals surface area contributed by atoms with Gasteiger partial charge >= 0.3 is 0 Å². The number of hydrogen-bond donors (Lipinski definition) is 0. The van der Waals surface area contributed by atoms with Crippen LogP contribution in [0.3, 0.4) is 0 Å². The van der Waals surface area contributed by atoms with E-state index in [-0.39, 0.29) is 0 Å². The zero-order valence-corrected chi connectivity index (χ0v) is 12.4. The molecule has 0 amide bonds. The largest absolute Gasteiger partial charge is 0.493 e. The Morgan fingerprint density at radius 1 is 1.26 bits per heavy atom. The molecule has 0 unspecified atom stereocenters. The number of ether oxygens (including phenoxy) is 1. The zero-order valence-electron chi connectivity index (χ0n) is 10.9. The summed E-state index contributed by atoms with van der Waals surface area (Å²) in [7, 11) is 0. The highest BCUT2D eigenvalue weighted by molar-refractivity contribution is 9.09. The highest BCUT2D eigenvalue weighted by atomic mass is 79.9. The lowest BCUT2D eigenvalue weighted by Crippen LogP contribution is -1.98. The van der Waals surface area contributed by atoms with E-state index in [0.29, 0.717) is 6.61 Å². The second-order valence-electron chi connectivity index (χ2n) is 4.82. The standard InChI is InChI=1S/C17H17BrO/c18-11-5-9-15-14-7-2-1-6-13(14)12-19-17-10-4-3-8-16(15)17/h1-3,6-9H,4-5,10-12H2/b15-9-. The summed E-state index contributed by atoms with van der Waals surface area (Å²) in [5.74, 6) is 1.15. The van der Waals surface area contributed by atoms with Crippen molar-refractivity contribution < 1.29 is 4.74 Å². The summed E-state index contributed by atoms with van der Waals surface area (Å²) >= 11 is 3.51. The summed E-state index contributed by atoms with van der Waals surface area (Å²) in [6.45, 7) is 0.689. The van der Waals surface area contributed by atoms with Crippen molar-refractivity contribution in [1.29, 1.82) is 0 Å². The summed E-state index contributed by atoms with van der Waals surface area (Å²) < 4.78 is 6.02. The lowest BCUT2D eigenvalue weighted by atomic mass is 9.90. The Kier molecular flexibility index (Phi) is 3.88. The molecule has 0 bridgehead atoms. The van der Waals surface area contributed by atoms with Crippen LogP contribution in [-0.2, 0) is 11.3 Å². The van der Waals surface area contributed by atoms with Gasteiger partial charge in [-0.15, -0.1) is 0 Å². The fraction of sp³-hybridized carbons (Fsp3) is 0.294. The van der Waals surface area contributed by atoms with Crippen molar-refractivity contribution in [1.82, 2.24) is 0 Å². The molecule has 0 atom stereocenters. The summed E-state index contributed by atoms with van der Waals surface area (Å²) in [5, 5.41) is 0.992. The van der Waals surface area contributed by atoms with Crippen LogP contribution >= 0.6 is 15.9 Å². The zero-order chi connectivity index (χ0) is 13.1. The summed E-state index contributed by atoms with van der Waals surface area (Å²) in [6.07, 6.45) is 9.94. The molecule has 0 fully saturated rings. The quantitative estimate of drug-likeness (QED) is 0.698. The maximum Gasteiger partial charge on any atom is 0.113 e. The summed E-state index contributed by atoms with van der Waals surface area (Å²) in [5.41, 5.74) is 5.21. The molecule has 0 aromatic heterocycles. The van der Waals surface area contributed by atoms with Gasteiger partial charge in [0.05, 0.1) is 0 Å². The second-order valence-corrected chi connectivity index (χ2v) is 5.61. The molecule has 2 heteroatoms. The van der Waals surface area contributed by atoms with Crippen LogP contribution in [0.5, 0.6) is 0 Å². The topological polar surface area (TPSA) is 9.23 Å². The lowest BCUT2D eigenvalue weighted by molar-refractivity contribution is 0.188. The van der Waals surface area contributed by atoms with Crippen LogP contribution in [0.25, 0.3) is 5.57 Å². The first-order valence-corrected chi connectivity index (χ1v) is 7.89. The Morgan fingerprint density at radius 2 is 2.16 bits per heavy atom. The van der Waals surface area contributed by atoms with E-state index in [9.17, 15) is 0 Å². The van der Waals surface area contributed by atoms with Crippen molar-refractivity contribution in [3.05, 3.63) is 65.0 Å². The van der Waals surface area contributed by atoms with Crippen LogP contribution in [0, 0.1) is 0 Å². The van der Waals surface area contributed by atoms with E-state index in [2.05, 4.69) is 58.4 Å². The maximum atomic E-state index is 6.02. The third-order valence-corrected chi connectivity index (χ3v) is 4.04. The van der Waals surface area contributed by atoms with E-state index in [4.69, 9.17) is 4.74 Å². The maximum absolute atomic E-state index is 6.02. The SMILES string of the molecule is BrCC/C=C1\C2=C(CCC=C2)OCc2ccccc21. The van der Waals surface area contributed by atoms with Gasteiger partial charge in [0.1, 0.15) is 12.4 Å². The van der Waals surface area contributed by atoms with Crippen molar-refractivity contribution in [2.24, 2.45) is 0 Å². The van der Waals surface area contributed by atoms with Crippen LogP contribution in [0.1, 0.15) is 30.4 Å². The molecule has 1 aliphatic carbocycles. The van der Waals surface area contributed by atoms with Gasteiger partial charge in [-0.2, -0.15) is 0 Å². The first-order valence-electron chi connectivity index (χ1n) is 6.77. The molecule has 1 aromatic carbocycles. The lowest BCUT2D eigenvalue weighted by Gasteiger charge is -2.15. The smallest absolute Gasteiger partial charge is 0.113 e. The third kappa shape index (κ3) is 2.55. The number of fused-ring (bicyclic) bond motifs is 1. The Labute approximate surface area is 122 Å². The third-order valence-electron chi connectivity index (χ3n) is 3.58. The van der Waals surface area contributed by atoms with Crippen molar-refractivity contribution in [2.45, 2.75) is 25.9 Å². The van der Waals surface area contributed by atoms with E-state index in [1.165, 1.54) is 22.3 Å². The number of allylic oxidation sites excluding steroid dienone is 6. The molecule has 0 saturated carbocycles. The minimum atomic E-state index is 0.689. The Morgan fingerprint density at radius 3 is 3.05 bits per heavy atom. The van der Waals surface area contributed by atoms with Gasteiger partial charge in [0, 0.05) is 17.3 Å². The second kappa shape index (κ2) is 5.79. The number of rotatable bonds is 2. The summed E-state index contributed by atoms with van der Waals surface area (Å²) in [4.78, 5) is 0. The molecule has 2 aliphatic rings. The van der Waals surface area contributed by atoms with Gasteiger partial charge in [-0.05, 0) is 29.5 Å². The van der Waals surface area contributed by atoms with E-state index in [1.807, 2.05) is 0 Å². The molecular formula is C17H17BrO. The minimum Gasteiger partial charge on any atom is -0.493 e. The van der Waals surface area contributed by atoms with Gasteiger partial charge in [0.25, 0.3) is 0 Å². The average Bonchev–Trinajstić information content (AvgIpc) is 2.62. The van der Waals surface area contributed by atoms with E-state index in [0.717, 1.165) is 30.4 Å². The van der Waals surface area contributed by atoms with Crippen LogP contribution in [-0.4, -0.2) is 5.33 Å². The summed E-state index contributed by atoms with van der Waals surface area (Å²) in [6, 6.07) is 8.57. The molecule has 1 aliphatic heterocycles. The Hall–Kier alpha value is -1.28. The number of halogens is 1.